The molecule has 1 saturated heterocycles. The Hall–Kier alpha value is -1.13. The molecule has 0 spiro atoms. The molecule has 0 radical (unpaired) electrons. The van der Waals surface area contributed by atoms with E-state index >= 15 is 0 Å². The fraction of sp³-hybridized carbons (Fsp3) is 0.625. The fourth-order valence-corrected chi connectivity index (χ4v) is 2.83. The quantitative estimate of drug-likeness (QED) is 0.921. The number of nitrogens with zero attached hydrogens (tertiary/aromatic N) is 1. The van der Waals surface area contributed by atoms with Crippen LogP contribution < -0.4 is 4.74 Å². The minimum absolute atomic E-state index is 0.246. The lowest BCUT2D eigenvalue weighted by Crippen LogP contribution is -2.47. The van der Waals surface area contributed by atoms with Gasteiger partial charge in [0.05, 0.1) is 12.7 Å². The highest BCUT2D eigenvalue weighted by Gasteiger charge is 2.33. The van der Waals surface area contributed by atoms with Crippen molar-refractivity contribution in [1.29, 1.82) is 0 Å². The summed E-state index contributed by atoms with van der Waals surface area (Å²) in [6, 6.07) is 5.43. The zero-order valence-electron chi connectivity index (χ0n) is 12.5. The highest BCUT2D eigenvalue weighted by Crippen LogP contribution is 2.28. The number of halogens is 1. The van der Waals surface area contributed by atoms with Crippen LogP contribution in [0.4, 0.5) is 4.39 Å². The van der Waals surface area contributed by atoms with Crippen molar-refractivity contribution in [3.63, 3.8) is 0 Å². The SMILES string of the molecule is COc1ccc(CC2(O)CCN(C(C)C)CC2)cc1F. The molecule has 1 aliphatic rings. The monoisotopic (exact) mass is 281 g/mol. The Bertz CT molecular complexity index is 454. The van der Waals surface area contributed by atoms with Crippen LogP contribution in [0.15, 0.2) is 18.2 Å². The van der Waals surface area contributed by atoms with E-state index in [2.05, 4.69) is 18.7 Å². The lowest BCUT2D eigenvalue weighted by Gasteiger charge is -2.40. The van der Waals surface area contributed by atoms with Crippen LogP contribution in [0, 0.1) is 5.82 Å². The molecule has 1 fully saturated rings. The average molecular weight is 281 g/mol. The smallest absolute Gasteiger partial charge is 0.165 e. The van der Waals surface area contributed by atoms with E-state index in [0.717, 1.165) is 31.5 Å². The Kier molecular flexibility index (Phi) is 4.66. The second kappa shape index (κ2) is 6.10. The van der Waals surface area contributed by atoms with Gasteiger partial charge >= 0.3 is 0 Å². The lowest BCUT2D eigenvalue weighted by atomic mass is 9.85. The van der Waals surface area contributed by atoms with Crippen LogP contribution in [0.2, 0.25) is 0 Å². The zero-order valence-corrected chi connectivity index (χ0v) is 12.5. The summed E-state index contributed by atoms with van der Waals surface area (Å²) >= 11 is 0. The number of piperidine rings is 1. The summed E-state index contributed by atoms with van der Waals surface area (Å²) in [5.41, 5.74) is 0.107. The van der Waals surface area contributed by atoms with E-state index in [-0.39, 0.29) is 11.6 Å². The number of hydrogen-bond acceptors (Lipinski definition) is 3. The third-order valence-corrected chi connectivity index (χ3v) is 4.21. The van der Waals surface area contributed by atoms with Gasteiger partial charge in [-0.1, -0.05) is 6.07 Å². The molecule has 0 bridgehead atoms. The molecule has 112 valence electrons. The molecular weight excluding hydrogens is 257 g/mol. The Morgan fingerprint density at radius 1 is 1.35 bits per heavy atom. The van der Waals surface area contributed by atoms with Gasteiger partial charge in [0.2, 0.25) is 0 Å². The molecule has 0 aliphatic carbocycles. The first-order valence-electron chi connectivity index (χ1n) is 7.22. The van der Waals surface area contributed by atoms with Crippen LogP contribution in [0.25, 0.3) is 0 Å². The van der Waals surface area contributed by atoms with Crippen LogP contribution in [0.3, 0.4) is 0 Å². The summed E-state index contributed by atoms with van der Waals surface area (Å²) < 4.78 is 18.6. The first kappa shape index (κ1) is 15.3. The molecule has 0 aromatic heterocycles. The van der Waals surface area contributed by atoms with E-state index in [0.29, 0.717) is 12.5 Å². The van der Waals surface area contributed by atoms with Gasteiger partial charge in [-0.25, -0.2) is 4.39 Å². The number of benzene rings is 1. The normalized spacial score (nSPS) is 19.3. The van der Waals surface area contributed by atoms with Crippen LogP contribution in [-0.2, 0) is 6.42 Å². The van der Waals surface area contributed by atoms with Gasteiger partial charge in [-0.3, -0.25) is 0 Å². The van der Waals surface area contributed by atoms with Crippen molar-refractivity contribution in [1.82, 2.24) is 4.90 Å². The highest BCUT2D eigenvalue weighted by atomic mass is 19.1. The van der Waals surface area contributed by atoms with E-state index in [1.165, 1.54) is 13.2 Å². The molecular formula is C16H24FNO2. The van der Waals surface area contributed by atoms with Crippen molar-refractivity contribution in [2.45, 2.75) is 44.8 Å². The van der Waals surface area contributed by atoms with Crippen molar-refractivity contribution >= 4 is 0 Å². The standard InChI is InChI=1S/C16H24FNO2/c1-12(2)18-8-6-16(19,7-9-18)11-13-4-5-15(20-3)14(17)10-13/h4-5,10,12,19H,6-9,11H2,1-3H3. The largest absolute Gasteiger partial charge is 0.494 e. The molecule has 1 aliphatic heterocycles. The predicted molar refractivity (Wildman–Crippen MR) is 77.5 cm³/mol. The Labute approximate surface area is 120 Å². The molecule has 4 heteroatoms. The Morgan fingerprint density at radius 3 is 2.50 bits per heavy atom. The second-order valence-corrected chi connectivity index (χ2v) is 6.00. The van der Waals surface area contributed by atoms with Crippen LogP contribution >= 0.6 is 0 Å². The Morgan fingerprint density at radius 2 is 2.00 bits per heavy atom. The first-order chi connectivity index (χ1) is 9.43. The maximum absolute atomic E-state index is 13.7. The van der Waals surface area contributed by atoms with Gasteiger partial charge in [0.25, 0.3) is 0 Å². The number of rotatable bonds is 4. The van der Waals surface area contributed by atoms with Crippen molar-refractivity contribution in [3.05, 3.63) is 29.6 Å². The molecule has 0 amide bonds. The van der Waals surface area contributed by atoms with Gasteiger partial charge in [0.1, 0.15) is 0 Å². The molecule has 0 atom stereocenters. The molecule has 20 heavy (non-hydrogen) atoms. The number of methoxy groups -OCH3 is 1. The molecule has 1 heterocycles. The summed E-state index contributed by atoms with van der Waals surface area (Å²) in [5, 5.41) is 10.7. The lowest BCUT2D eigenvalue weighted by molar-refractivity contribution is -0.0271. The molecule has 3 nitrogen and oxygen atoms in total. The van der Waals surface area contributed by atoms with Crippen molar-refractivity contribution in [2.24, 2.45) is 0 Å². The molecule has 0 saturated carbocycles. The van der Waals surface area contributed by atoms with Gasteiger partial charge < -0.3 is 14.7 Å². The van der Waals surface area contributed by atoms with Crippen molar-refractivity contribution in [3.8, 4) is 5.75 Å². The van der Waals surface area contributed by atoms with Crippen LogP contribution in [0.5, 0.6) is 5.75 Å². The second-order valence-electron chi connectivity index (χ2n) is 6.00. The number of aliphatic hydroxyl groups is 1. The summed E-state index contributed by atoms with van der Waals surface area (Å²) in [5.74, 6) is -0.122. The van der Waals surface area contributed by atoms with E-state index in [1.807, 2.05) is 6.07 Å². The predicted octanol–water partition coefficient (Wildman–Crippen LogP) is 2.61. The molecule has 1 aromatic rings. The first-order valence-corrected chi connectivity index (χ1v) is 7.22. The zero-order chi connectivity index (χ0) is 14.8. The highest BCUT2D eigenvalue weighted by molar-refractivity contribution is 5.30. The molecule has 0 unspecified atom stereocenters. The van der Waals surface area contributed by atoms with Gasteiger partial charge in [0.15, 0.2) is 11.6 Å². The van der Waals surface area contributed by atoms with Gasteiger partial charge in [-0.2, -0.15) is 0 Å². The number of likely N-dealkylation sites (tertiary alicyclic amines) is 1. The number of ether oxygens (including phenoxy) is 1. The van der Waals surface area contributed by atoms with Crippen LogP contribution in [0.1, 0.15) is 32.3 Å². The topological polar surface area (TPSA) is 32.7 Å². The van der Waals surface area contributed by atoms with E-state index in [9.17, 15) is 9.50 Å². The summed E-state index contributed by atoms with van der Waals surface area (Å²) in [6.07, 6.45) is 1.97. The van der Waals surface area contributed by atoms with Crippen molar-refractivity contribution in [2.75, 3.05) is 20.2 Å². The van der Waals surface area contributed by atoms with E-state index in [1.54, 1.807) is 6.07 Å². The van der Waals surface area contributed by atoms with E-state index in [4.69, 9.17) is 4.74 Å². The summed E-state index contributed by atoms with van der Waals surface area (Å²) in [4.78, 5) is 2.36. The number of hydrogen-bond donors (Lipinski definition) is 1. The third kappa shape index (κ3) is 3.49. The Balaban J connectivity index is 2.01. The summed E-state index contributed by atoms with van der Waals surface area (Å²) in [7, 11) is 1.45. The van der Waals surface area contributed by atoms with E-state index < -0.39 is 5.60 Å². The van der Waals surface area contributed by atoms with Crippen molar-refractivity contribution < 1.29 is 14.2 Å². The third-order valence-electron chi connectivity index (χ3n) is 4.21. The molecule has 1 N–H and O–H groups in total. The maximum Gasteiger partial charge on any atom is 0.165 e. The average Bonchev–Trinajstić information content (AvgIpc) is 2.39. The van der Waals surface area contributed by atoms with Crippen LogP contribution in [-0.4, -0.2) is 41.8 Å². The van der Waals surface area contributed by atoms with Gasteiger partial charge in [-0.05, 0) is 44.4 Å². The van der Waals surface area contributed by atoms with Gasteiger partial charge in [-0.15, -0.1) is 0 Å². The minimum Gasteiger partial charge on any atom is -0.494 e. The minimum atomic E-state index is -0.716. The van der Waals surface area contributed by atoms with Gasteiger partial charge in [0, 0.05) is 25.6 Å². The summed E-state index contributed by atoms with van der Waals surface area (Å²) in [6.45, 7) is 6.13. The molecule has 2 rings (SSSR count). The molecule has 1 aromatic carbocycles. The maximum atomic E-state index is 13.7. The fourth-order valence-electron chi connectivity index (χ4n) is 2.83.